The van der Waals surface area contributed by atoms with E-state index in [-0.39, 0.29) is 5.91 Å². The van der Waals surface area contributed by atoms with Gasteiger partial charge in [-0.2, -0.15) is 0 Å². The van der Waals surface area contributed by atoms with Crippen molar-refractivity contribution in [2.75, 3.05) is 12.3 Å². The second kappa shape index (κ2) is 8.34. The summed E-state index contributed by atoms with van der Waals surface area (Å²) in [6.45, 7) is 4.52. The molecule has 0 aliphatic rings. The van der Waals surface area contributed by atoms with Crippen LogP contribution in [0.25, 0.3) is 0 Å². The highest BCUT2D eigenvalue weighted by Gasteiger charge is 2.29. The molecule has 0 aliphatic heterocycles. The predicted octanol–water partition coefficient (Wildman–Crippen LogP) is 3.08. The van der Waals surface area contributed by atoms with Gasteiger partial charge in [-0.15, -0.1) is 11.8 Å². The molecule has 0 aliphatic carbocycles. The topological polar surface area (TPSA) is 55.1 Å². The molecular formula is C15H22F2N2OS. The van der Waals surface area contributed by atoms with Crippen LogP contribution < -0.4 is 11.1 Å². The number of benzene rings is 1. The van der Waals surface area contributed by atoms with Crippen molar-refractivity contribution in [1.29, 1.82) is 0 Å². The SMILES string of the molecule is CCCNC(C)(CCCSc1ccc(F)cc1F)C(N)=O. The Morgan fingerprint density at radius 1 is 1.43 bits per heavy atom. The minimum Gasteiger partial charge on any atom is -0.368 e. The number of halogens is 2. The number of amides is 1. The lowest BCUT2D eigenvalue weighted by atomic mass is 9.95. The van der Waals surface area contributed by atoms with Gasteiger partial charge in [-0.1, -0.05) is 6.92 Å². The molecule has 0 heterocycles. The third-order valence-corrected chi connectivity index (χ3v) is 4.42. The van der Waals surface area contributed by atoms with E-state index in [1.54, 1.807) is 6.92 Å². The Kier molecular flexibility index (Phi) is 7.11. The highest BCUT2D eigenvalue weighted by atomic mass is 32.2. The van der Waals surface area contributed by atoms with E-state index in [0.29, 0.717) is 23.5 Å². The maximum Gasteiger partial charge on any atom is 0.237 e. The lowest BCUT2D eigenvalue weighted by Crippen LogP contribution is -2.53. The number of hydrogen-bond donors (Lipinski definition) is 2. The molecule has 0 spiro atoms. The maximum atomic E-state index is 13.5. The Bertz CT molecular complexity index is 485. The van der Waals surface area contributed by atoms with E-state index in [4.69, 9.17) is 5.73 Å². The molecule has 0 aromatic heterocycles. The minimum atomic E-state index is -0.738. The fourth-order valence-electron chi connectivity index (χ4n) is 1.90. The van der Waals surface area contributed by atoms with Crippen LogP contribution in [0.3, 0.4) is 0 Å². The van der Waals surface area contributed by atoms with Gasteiger partial charge in [0, 0.05) is 11.0 Å². The van der Waals surface area contributed by atoms with Gasteiger partial charge in [-0.25, -0.2) is 8.78 Å². The Morgan fingerprint density at radius 3 is 2.71 bits per heavy atom. The summed E-state index contributed by atoms with van der Waals surface area (Å²) in [4.78, 5) is 11.9. The summed E-state index contributed by atoms with van der Waals surface area (Å²) in [5.74, 6) is -0.878. The van der Waals surface area contributed by atoms with Gasteiger partial charge in [-0.05, 0) is 50.6 Å². The van der Waals surface area contributed by atoms with Crippen LogP contribution in [0.2, 0.25) is 0 Å². The molecule has 3 N–H and O–H groups in total. The first kappa shape index (κ1) is 17.9. The van der Waals surface area contributed by atoms with Crippen LogP contribution in [-0.2, 0) is 4.79 Å². The van der Waals surface area contributed by atoms with Gasteiger partial charge < -0.3 is 11.1 Å². The Balaban J connectivity index is 2.46. The molecule has 1 amide bonds. The van der Waals surface area contributed by atoms with E-state index >= 15 is 0 Å². The second-order valence-corrected chi connectivity index (χ2v) is 6.29. The average Bonchev–Trinajstić information content (AvgIpc) is 2.43. The third-order valence-electron chi connectivity index (χ3n) is 3.28. The van der Waals surface area contributed by atoms with Crippen LogP contribution in [0.15, 0.2) is 23.1 Å². The summed E-state index contributed by atoms with van der Waals surface area (Å²) < 4.78 is 26.2. The van der Waals surface area contributed by atoms with E-state index in [0.717, 1.165) is 19.0 Å². The molecule has 0 bridgehead atoms. The third kappa shape index (κ3) is 5.63. The first-order valence-corrected chi connectivity index (χ1v) is 8.00. The molecule has 1 unspecified atom stereocenters. The molecule has 3 nitrogen and oxygen atoms in total. The highest BCUT2D eigenvalue weighted by molar-refractivity contribution is 7.99. The number of nitrogens with one attached hydrogen (secondary N) is 1. The maximum absolute atomic E-state index is 13.5. The van der Waals surface area contributed by atoms with Crippen molar-refractivity contribution in [3.05, 3.63) is 29.8 Å². The number of nitrogens with two attached hydrogens (primary N) is 1. The van der Waals surface area contributed by atoms with E-state index in [9.17, 15) is 13.6 Å². The molecule has 0 radical (unpaired) electrons. The zero-order valence-electron chi connectivity index (χ0n) is 12.4. The molecule has 0 fully saturated rings. The standard InChI is InChI=1S/C15H22F2N2OS/c1-3-8-19-15(2,14(18)20)7-4-9-21-13-6-5-11(16)10-12(13)17/h5-6,10,19H,3-4,7-9H2,1-2H3,(H2,18,20). The number of rotatable bonds is 9. The molecule has 1 atom stereocenters. The van der Waals surface area contributed by atoms with E-state index in [2.05, 4.69) is 5.32 Å². The van der Waals surface area contributed by atoms with Gasteiger partial charge in [0.05, 0.1) is 5.54 Å². The van der Waals surface area contributed by atoms with Crippen molar-refractivity contribution < 1.29 is 13.6 Å². The summed E-state index contributed by atoms with van der Waals surface area (Å²) in [6, 6.07) is 3.54. The second-order valence-electron chi connectivity index (χ2n) is 5.15. The molecule has 0 saturated carbocycles. The van der Waals surface area contributed by atoms with Crippen LogP contribution in [0.1, 0.15) is 33.1 Å². The van der Waals surface area contributed by atoms with Gasteiger partial charge >= 0.3 is 0 Å². The lowest BCUT2D eigenvalue weighted by Gasteiger charge is -2.27. The Labute approximate surface area is 128 Å². The van der Waals surface area contributed by atoms with Crippen LogP contribution in [0.4, 0.5) is 8.78 Å². The molecule has 21 heavy (non-hydrogen) atoms. The monoisotopic (exact) mass is 316 g/mol. The predicted molar refractivity (Wildman–Crippen MR) is 82.2 cm³/mol. The van der Waals surface area contributed by atoms with Gasteiger partial charge in [0.2, 0.25) is 5.91 Å². The Morgan fingerprint density at radius 2 is 2.14 bits per heavy atom. The molecular weight excluding hydrogens is 294 g/mol. The largest absolute Gasteiger partial charge is 0.368 e. The summed E-state index contributed by atoms with van der Waals surface area (Å²) in [6.07, 6.45) is 2.20. The number of hydrogen-bond acceptors (Lipinski definition) is 3. The summed E-state index contributed by atoms with van der Waals surface area (Å²) in [7, 11) is 0. The highest BCUT2D eigenvalue weighted by Crippen LogP contribution is 2.24. The van der Waals surface area contributed by atoms with Crippen LogP contribution in [-0.4, -0.2) is 23.7 Å². The fraction of sp³-hybridized carbons (Fsp3) is 0.533. The number of primary amides is 1. The van der Waals surface area contributed by atoms with Gasteiger partial charge in [0.1, 0.15) is 11.6 Å². The van der Waals surface area contributed by atoms with Crippen molar-refractivity contribution in [2.24, 2.45) is 5.73 Å². The van der Waals surface area contributed by atoms with Gasteiger partial charge in [0.15, 0.2) is 0 Å². The van der Waals surface area contributed by atoms with Crippen molar-refractivity contribution in [3.63, 3.8) is 0 Å². The first-order chi connectivity index (χ1) is 9.89. The molecule has 118 valence electrons. The number of carbonyl (C=O) groups is 1. The van der Waals surface area contributed by atoms with Crippen LogP contribution in [0, 0.1) is 11.6 Å². The Hall–Kier alpha value is -1.14. The van der Waals surface area contributed by atoms with Crippen LogP contribution >= 0.6 is 11.8 Å². The normalized spacial score (nSPS) is 13.9. The molecule has 1 aromatic carbocycles. The summed E-state index contributed by atoms with van der Waals surface area (Å²) in [5.41, 5.74) is 4.70. The zero-order chi connectivity index (χ0) is 15.9. The van der Waals surface area contributed by atoms with E-state index in [1.165, 1.54) is 23.9 Å². The van der Waals surface area contributed by atoms with Gasteiger partial charge in [0.25, 0.3) is 0 Å². The zero-order valence-corrected chi connectivity index (χ0v) is 13.2. The average molecular weight is 316 g/mol. The first-order valence-electron chi connectivity index (χ1n) is 7.02. The quantitative estimate of drug-likeness (QED) is 0.544. The summed E-state index contributed by atoms with van der Waals surface area (Å²) in [5, 5.41) is 3.16. The number of carbonyl (C=O) groups excluding carboxylic acids is 1. The van der Waals surface area contributed by atoms with Crippen molar-refractivity contribution in [1.82, 2.24) is 5.32 Å². The van der Waals surface area contributed by atoms with Crippen LogP contribution in [0.5, 0.6) is 0 Å². The van der Waals surface area contributed by atoms with Gasteiger partial charge in [-0.3, -0.25) is 4.79 Å². The fourth-order valence-corrected chi connectivity index (χ4v) is 2.77. The van der Waals surface area contributed by atoms with Crippen molar-refractivity contribution >= 4 is 17.7 Å². The van der Waals surface area contributed by atoms with E-state index < -0.39 is 17.2 Å². The van der Waals surface area contributed by atoms with Crippen molar-refractivity contribution in [3.8, 4) is 0 Å². The smallest absolute Gasteiger partial charge is 0.237 e. The molecule has 0 saturated heterocycles. The lowest BCUT2D eigenvalue weighted by molar-refractivity contribution is -0.124. The summed E-state index contributed by atoms with van der Waals surface area (Å²) >= 11 is 1.31. The van der Waals surface area contributed by atoms with Crippen molar-refractivity contribution in [2.45, 2.75) is 43.5 Å². The van der Waals surface area contributed by atoms with E-state index in [1.807, 2.05) is 6.92 Å². The molecule has 1 aromatic rings. The number of thioether (sulfide) groups is 1. The molecule has 1 rings (SSSR count). The molecule has 6 heteroatoms. The minimum absolute atomic E-state index is 0.381.